The molecule has 1 aromatic rings. The normalized spacial score (nSPS) is 19.5. The van der Waals surface area contributed by atoms with Crippen molar-refractivity contribution in [2.24, 2.45) is 4.99 Å². The zero-order valence-corrected chi connectivity index (χ0v) is 19.1. The fourth-order valence-electron chi connectivity index (χ4n) is 2.83. The van der Waals surface area contributed by atoms with Crippen molar-refractivity contribution in [3.05, 3.63) is 29.8 Å². The van der Waals surface area contributed by atoms with Crippen LogP contribution in [0, 0.1) is 0 Å². The highest BCUT2D eigenvalue weighted by Gasteiger charge is 2.28. The van der Waals surface area contributed by atoms with Crippen LogP contribution in [-0.4, -0.2) is 52.1 Å². The van der Waals surface area contributed by atoms with Crippen LogP contribution in [0.25, 0.3) is 0 Å². The van der Waals surface area contributed by atoms with E-state index in [1.165, 1.54) is 5.56 Å². The molecule has 1 aliphatic rings. The minimum absolute atomic E-state index is 0. The summed E-state index contributed by atoms with van der Waals surface area (Å²) in [7, 11) is -1.25. The maximum absolute atomic E-state index is 11.6. The number of benzene rings is 1. The minimum Gasteiger partial charge on any atom is -0.497 e. The van der Waals surface area contributed by atoms with Gasteiger partial charge in [0.2, 0.25) is 0 Å². The van der Waals surface area contributed by atoms with Gasteiger partial charge >= 0.3 is 0 Å². The maximum Gasteiger partial charge on any atom is 0.191 e. The molecule has 6 nitrogen and oxygen atoms in total. The SMILES string of the molecule is CCNC(=NCC(C)(C)c1ccc(OC)cc1)NC1CCS(=O)(=O)C1.I. The Morgan fingerprint density at radius 3 is 2.46 bits per heavy atom. The molecule has 1 unspecified atom stereocenters. The van der Waals surface area contributed by atoms with E-state index in [-0.39, 0.29) is 46.9 Å². The fourth-order valence-corrected chi connectivity index (χ4v) is 4.51. The molecular weight excluding hydrogens is 465 g/mol. The Kier molecular flexibility index (Phi) is 8.65. The molecule has 0 saturated carbocycles. The van der Waals surface area contributed by atoms with Gasteiger partial charge in [0.25, 0.3) is 0 Å². The van der Waals surface area contributed by atoms with Crippen LogP contribution in [0.3, 0.4) is 0 Å². The molecule has 1 atom stereocenters. The first-order valence-electron chi connectivity index (χ1n) is 8.65. The highest BCUT2D eigenvalue weighted by molar-refractivity contribution is 14.0. The summed E-state index contributed by atoms with van der Waals surface area (Å²) < 4.78 is 28.5. The van der Waals surface area contributed by atoms with Crippen LogP contribution in [0.5, 0.6) is 5.75 Å². The molecule has 0 bridgehead atoms. The van der Waals surface area contributed by atoms with Crippen molar-refractivity contribution < 1.29 is 13.2 Å². The van der Waals surface area contributed by atoms with Crippen LogP contribution in [0.1, 0.15) is 32.8 Å². The van der Waals surface area contributed by atoms with Crippen LogP contribution in [-0.2, 0) is 15.3 Å². The molecule has 0 radical (unpaired) electrons. The number of guanidine groups is 1. The van der Waals surface area contributed by atoms with E-state index in [0.29, 0.717) is 18.9 Å². The summed E-state index contributed by atoms with van der Waals surface area (Å²) in [5, 5.41) is 6.46. The predicted octanol–water partition coefficient (Wildman–Crippen LogP) is 2.33. The Morgan fingerprint density at radius 1 is 1.31 bits per heavy atom. The van der Waals surface area contributed by atoms with Crippen LogP contribution >= 0.6 is 24.0 Å². The Hall–Kier alpha value is -1.03. The molecule has 2 rings (SSSR count). The van der Waals surface area contributed by atoms with Crippen molar-refractivity contribution in [1.82, 2.24) is 10.6 Å². The summed E-state index contributed by atoms with van der Waals surface area (Å²) in [4.78, 5) is 4.68. The van der Waals surface area contributed by atoms with Gasteiger partial charge in [-0.1, -0.05) is 26.0 Å². The van der Waals surface area contributed by atoms with Crippen molar-refractivity contribution in [2.75, 3.05) is 31.7 Å². The number of hydrogen-bond acceptors (Lipinski definition) is 4. The second kappa shape index (κ2) is 9.77. The van der Waals surface area contributed by atoms with Gasteiger partial charge in [0.1, 0.15) is 5.75 Å². The standard InChI is InChI=1S/C18H29N3O3S.HI/c1-5-19-17(21-15-10-11-25(22,23)12-15)20-13-18(2,3)14-6-8-16(24-4)9-7-14;/h6-9,15H,5,10-13H2,1-4H3,(H2,19,20,21);1H. The molecule has 1 aliphatic heterocycles. The summed E-state index contributed by atoms with van der Waals surface area (Å²) in [6, 6.07) is 7.95. The van der Waals surface area contributed by atoms with Crippen LogP contribution in [0.2, 0.25) is 0 Å². The maximum atomic E-state index is 11.6. The lowest BCUT2D eigenvalue weighted by Crippen LogP contribution is -2.44. The lowest BCUT2D eigenvalue weighted by Gasteiger charge is -2.24. The number of halogens is 1. The topological polar surface area (TPSA) is 79.8 Å². The first-order chi connectivity index (χ1) is 11.8. The molecule has 0 spiro atoms. The van der Waals surface area contributed by atoms with E-state index in [1.54, 1.807) is 7.11 Å². The number of ether oxygens (including phenoxy) is 1. The van der Waals surface area contributed by atoms with E-state index in [2.05, 4.69) is 41.6 Å². The molecule has 148 valence electrons. The zero-order valence-electron chi connectivity index (χ0n) is 15.9. The van der Waals surface area contributed by atoms with E-state index in [4.69, 9.17) is 4.74 Å². The van der Waals surface area contributed by atoms with Crippen molar-refractivity contribution >= 4 is 39.8 Å². The lowest BCUT2D eigenvalue weighted by molar-refractivity contribution is 0.414. The molecule has 0 aliphatic carbocycles. The monoisotopic (exact) mass is 495 g/mol. The molecule has 2 N–H and O–H groups in total. The van der Waals surface area contributed by atoms with Gasteiger partial charge < -0.3 is 15.4 Å². The second-order valence-electron chi connectivity index (χ2n) is 7.05. The van der Waals surface area contributed by atoms with Gasteiger partial charge in [0.05, 0.1) is 25.2 Å². The summed E-state index contributed by atoms with van der Waals surface area (Å²) in [6.45, 7) is 7.60. The fraction of sp³-hybridized carbons (Fsp3) is 0.611. The third kappa shape index (κ3) is 6.61. The van der Waals surface area contributed by atoms with Crippen LogP contribution < -0.4 is 15.4 Å². The number of aliphatic imine (C=N–C) groups is 1. The van der Waals surface area contributed by atoms with Gasteiger partial charge in [0, 0.05) is 18.0 Å². The highest BCUT2D eigenvalue weighted by Crippen LogP contribution is 2.25. The summed E-state index contributed by atoms with van der Waals surface area (Å²) in [5.74, 6) is 1.94. The van der Waals surface area contributed by atoms with E-state index in [0.717, 1.165) is 12.3 Å². The molecule has 8 heteroatoms. The van der Waals surface area contributed by atoms with Gasteiger partial charge in [-0.15, -0.1) is 24.0 Å². The molecular formula is C18H30IN3O3S. The number of nitrogens with zero attached hydrogens (tertiary/aromatic N) is 1. The van der Waals surface area contributed by atoms with E-state index in [9.17, 15) is 8.42 Å². The lowest BCUT2D eigenvalue weighted by atomic mass is 9.85. The van der Waals surface area contributed by atoms with Gasteiger partial charge in [-0.05, 0) is 31.0 Å². The molecule has 1 fully saturated rings. The van der Waals surface area contributed by atoms with Crippen molar-refractivity contribution in [2.45, 2.75) is 38.6 Å². The zero-order chi connectivity index (χ0) is 18.5. The van der Waals surface area contributed by atoms with E-state index >= 15 is 0 Å². The summed E-state index contributed by atoms with van der Waals surface area (Å²) in [6.07, 6.45) is 0.634. The van der Waals surface area contributed by atoms with E-state index < -0.39 is 9.84 Å². The molecule has 1 heterocycles. The highest BCUT2D eigenvalue weighted by atomic mass is 127. The minimum atomic E-state index is -2.91. The number of nitrogens with one attached hydrogen (secondary N) is 2. The Morgan fingerprint density at radius 2 is 1.96 bits per heavy atom. The average molecular weight is 495 g/mol. The first kappa shape index (κ1) is 23.0. The van der Waals surface area contributed by atoms with Gasteiger partial charge in [0.15, 0.2) is 15.8 Å². The average Bonchev–Trinajstić information content (AvgIpc) is 2.91. The Bertz CT molecular complexity index is 703. The summed E-state index contributed by atoms with van der Waals surface area (Å²) in [5.41, 5.74) is 1.03. The largest absolute Gasteiger partial charge is 0.497 e. The van der Waals surface area contributed by atoms with Crippen LogP contribution in [0.15, 0.2) is 29.3 Å². The Labute approximate surface area is 174 Å². The number of rotatable bonds is 6. The smallest absolute Gasteiger partial charge is 0.191 e. The molecule has 0 aromatic heterocycles. The third-order valence-electron chi connectivity index (χ3n) is 4.42. The van der Waals surface area contributed by atoms with E-state index in [1.807, 2.05) is 19.1 Å². The quantitative estimate of drug-likeness (QED) is 0.360. The molecule has 0 amide bonds. The van der Waals surface area contributed by atoms with Gasteiger partial charge in [-0.3, -0.25) is 4.99 Å². The second-order valence-corrected chi connectivity index (χ2v) is 9.28. The van der Waals surface area contributed by atoms with Gasteiger partial charge in [-0.25, -0.2) is 8.42 Å². The van der Waals surface area contributed by atoms with Crippen molar-refractivity contribution in [3.63, 3.8) is 0 Å². The van der Waals surface area contributed by atoms with Crippen molar-refractivity contribution in [1.29, 1.82) is 0 Å². The number of methoxy groups -OCH3 is 1. The molecule has 26 heavy (non-hydrogen) atoms. The van der Waals surface area contributed by atoms with Gasteiger partial charge in [-0.2, -0.15) is 0 Å². The van der Waals surface area contributed by atoms with Crippen LogP contribution in [0.4, 0.5) is 0 Å². The number of hydrogen-bond donors (Lipinski definition) is 2. The number of sulfone groups is 1. The Balaban J connectivity index is 0.00000338. The third-order valence-corrected chi connectivity index (χ3v) is 6.19. The summed E-state index contributed by atoms with van der Waals surface area (Å²) >= 11 is 0. The predicted molar refractivity (Wildman–Crippen MR) is 118 cm³/mol. The first-order valence-corrected chi connectivity index (χ1v) is 10.5. The van der Waals surface area contributed by atoms with Crippen molar-refractivity contribution in [3.8, 4) is 5.75 Å². The molecule has 1 saturated heterocycles. The molecule has 1 aromatic carbocycles.